The number of esters is 1. The second-order valence-corrected chi connectivity index (χ2v) is 8.98. The molecule has 7 nitrogen and oxygen atoms in total. The molecule has 1 amide bonds. The number of anilines is 2. The SMILES string of the molecule is Cc1c(F)cccc1S(=O)(=O)Nc1ccc(C(=O)OC(C)C(=O)N(C)c2ccccc2)cc1. The van der Waals surface area contributed by atoms with Crippen LogP contribution in [-0.2, 0) is 19.6 Å². The summed E-state index contributed by atoms with van der Waals surface area (Å²) in [6.45, 7) is 2.85. The summed E-state index contributed by atoms with van der Waals surface area (Å²) in [5.74, 6) is -1.75. The molecule has 1 N–H and O–H groups in total. The van der Waals surface area contributed by atoms with Crippen molar-refractivity contribution in [1.82, 2.24) is 0 Å². The molecule has 0 bridgehead atoms. The fourth-order valence-corrected chi connectivity index (χ4v) is 4.41. The molecule has 1 unspecified atom stereocenters. The molecule has 0 spiro atoms. The molecule has 0 saturated carbocycles. The summed E-state index contributed by atoms with van der Waals surface area (Å²) in [6.07, 6.45) is -1.03. The Kier molecular flexibility index (Phi) is 7.13. The zero-order chi connectivity index (χ0) is 24.2. The van der Waals surface area contributed by atoms with E-state index in [4.69, 9.17) is 4.74 Å². The molecule has 3 aromatic carbocycles. The number of hydrogen-bond donors (Lipinski definition) is 1. The predicted molar refractivity (Wildman–Crippen MR) is 123 cm³/mol. The van der Waals surface area contributed by atoms with E-state index >= 15 is 0 Å². The van der Waals surface area contributed by atoms with Crippen molar-refractivity contribution in [2.75, 3.05) is 16.7 Å². The van der Waals surface area contributed by atoms with Crippen LogP contribution in [0.15, 0.2) is 77.7 Å². The molecule has 0 aliphatic carbocycles. The number of hydrogen-bond acceptors (Lipinski definition) is 5. The van der Waals surface area contributed by atoms with Gasteiger partial charge in [0.25, 0.3) is 15.9 Å². The highest BCUT2D eigenvalue weighted by Gasteiger charge is 2.23. The van der Waals surface area contributed by atoms with Crippen LogP contribution in [0.2, 0.25) is 0 Å². The normalized spacial score (nSPS) is 12.0. The van der Waals surface area contributed by atoms with Gasteiger partial charge in [-0.05, 0) is 62.4 Å². The average molecular weight is 471 g/mol. The van der Waals surface area contributed by atoms with Gasteiger partial charge in [-0.1, -0.05) is 24.3 Å². The first-order valence-corrected chi connectivity index (χ1v) is 11.5. The number of carbonyl (C=O) groups excluding carboxylic acids is 2. The van der Waals surface area contributed by atoms with Gasteiger partial charge in [-0.2, -0.15) is 0 Å². The first-order chi connectivity index (χ1) is 15.6. The number of ether oxygens (including phenoxy) is 1. The molecule has 0 heterocycles. The Labute approximate surface area is 191 Å². The first kappa shape index (κ1) is 23.9. The predicted octanol–water partition coefficient (Wildman–Crippen LogP) is 4.14. The molecule has 1 atom stereocenters. The molecular weight excluding hydrogens is 447 g/mol. The van der Waals surface area contributed by atoms with Crippen LogP contribution < -0.4 is 9.62 Å². The van der Waals surface area contributed by atoms with Gasteiger partial charge >= 0.3 is 5.97 Å². The Morgan fingerprint density at radius 1 is 0.970 bits per heavy atom. The third-order valence-corrected chi connectivity index (χ3v) is 6.51. The van der Waals surface area contributed by atoms with E-state index in [1.807, 2.05) is 6.07 Å². The third kappa shape index (κ3) is 5.56. The van der Waals surface area contributed by atoms with Crippen molar-refractivity contribution in [3.05, 3.63) is 89.7 Å². The number of para-hydroxylation sites is 1. The van der Waals surface area contributed by atoms with Gasteiger partial charge in [0.1, 0.15) is 5.82 Å². The smallest absolute Gasteiger partial charge is 0.338 e. The zero-order valence-electron chi connectivity index (χ0n) is 18.3. The Bertz CT molecular complexity index is 1260. The van der Waals surface area contributed by atoms with Gasteiger partial charge in [0.15, 0.2) is 6.10 Å². The molecule has 0 fully saturated rings. The van der Waals surface area contributed by atoms with Gasteiger partial charge in [-0.25, -0.2) is 17.6 Å². The number of carbonyl (C=O) groups is 2. The monoisotopic (exact) mass is 470 g/mol. The quantitative estimate of drug-likeness (QED) is 0.524. The molecule has 0 saturated heterocycles. The minimum Gasteiger partial charge on any atom is -0.449 e. The van der Waals surface area contributed by atoms with E-state index in [9.17, 15) is 22.4 Å². The lowest BCUT2D eigenvalue weighted by atomic mass is 10.2. The Balaban J connectivity index is 1.66. The minimum absolute atomic E-state index is 0.00400. The first-order valence-electron chi connectivity index (χ1n) is 10.0. The topological polar surface area (TPSA) is 92.8 Å². The summed E-state index contributed by atoms with van der Waals surface area (Å²) < 4.78 is 46.5. The number of benzene rings is 3. The summed E-state index contributed by atoms with van der Waals surface area (Å²) in [4.78, 5) is 26.2. The van der Waals surface area contributed by atoms with Crippen LogP contribution in [0.4, 0.5) is 15.8 Å². The van der Waals surface area contributed by atoms with Gasteiger partial charge in [-0.15, -0.1) is 0 Å². The second kappa shape index (κ2) is 9.83. The highest BCUT2D eigenvalue weighted by molar-refractivity contribution is 7.92. The number of rotatable bonds is 7. The zero-order valence-corrected chi connectivity index (χ0v) is 19.1. The maximum absolute atomic E-state index is 13.7. The molecule has 0 aliphatic heterocycles. The summed E-state index contributed by atoms with van der Waals surface area (Å²) in [6, 6.07) is 18.2. The van der Waals surface area contributed by atoms with Crippen molar-refractivity contribution in [3.8, 4) is 0 Å². The van der Waals surface area contributed by atoms with Crippen molar-refractivity contribution < 1.29 is 27.1 Å². The highest BCUT2D eigenvalue weighted by atomic mass is 32.2. The van der Waals surface area contributed by atoms with Gasteiger partial charge in [0, 0.05) is 24.0 Å². The maximum Gasteiger partial charge on any atom is 0.338 e. The van der Waals surface area contributed by atoms with Gasteiger partial charge < -0.3 is 9.64 Å². The summed E-state index contributed by atoms with van der Waals surface area (Å²) in [5, 5.41) is 0. The van der Waals surface area contributed by atoms with Crippen LogP contribution in [0.3, 0.4) is 0 Å². The van der Waals surface area contributed by atoms with E-state index in [-0.39, 0.29) is 21.7 Å². The molecule has 3 rings (SSSR count). The van der Waals surface area contributed by atoms with Crippen molar-refractivity contribution >= 4 is 33.3 Å². The Morgan fingerprint density at radius 3 is 2.24 bits per heavy atom. The van der Waals surface area contributed by atoms with Gasteiger partial charge in [0.05, 0.1) is 10.5 Å². The van der Waals surface area contributed by atoms with Crippen LogP contribution in [0.25, 0.3) is 0 Å². The molecule has 0 radical (unpaired) electrons. The lowest BCUT2D eigenvalue weighted by molar-refractivity contribution is -0.126. The van der Waals surface area contributed by atoms with E-state index in [0.717, 1.165) is 0 Å². The lowest BCUT2D eigenvalue weighted by Crippen LogP contribution is -2.37. The minimum atomic E-state index is -4.02. The van der Waals surface area contributed by atoms with Crippen LogP contribution in [-0.4, -0.2) is 33.4 Å². The Morgan fingerprint density at radius 2 is 1.61 bits per heavy atom. The van der Waals surface area contributed by atoms with Gasteiger partial charge in [0.2, 0.25) is 0 Å². The molecule has 0 aromatic heterocycles. The van der Waals surface area contributed by atoms with E-state index in [0.29, 0.717) is 5.69 Å². The molecule has 0 aliphatic rings. The number of sulfonamides is 1. The summed E-state index contributed by atoms with van der Waals surface area (Å²) in [5.41, 5.74) is 0.991. The number of nitrogens with one attached hydrogen (secondary N) is 1. The van der Waals surface area contributed by atoms with Crippen molar-refractivity contribution in [1.29, 1.82) is 0 Å². The molecule has 9 heteroatoms. The number of halogens is 1. The molecule has 3 aromatic rings. The third-order valence-electron chi connectivity index (χ3n) is 4.99. The van der Waals surface area contributed by atoms with Crippen LogP contribution >= 0.6 is 0 Å². The van der Waals surface area contributed by atoms with Crippen LogP contribution in [0.5, 0.6) is 0 Å². The molecule has 172 valence electrons. The number of likely N-dealkylation sites (N-methyl/N-ethyl adjacent to an activating group) is 1. The standard InChI is InChI=1S/C24H23FN2O5S/c1-16-21(25)10-7-11-22(16)33(30,31)26-19-14-12-18(13-15-19)24(29)32-17(2)23(28)27(3)20-8-5-4-6-9-20/h4-15,17,26H,1-3H3. The largest absolute Gasteiger partial charge is 0.449 e. The average Bonchev–Trinajstić information content (AvgIpc) is 2.80. The van der Waals surface area contributed by atoms with E-state index in [1.54, 1.807) is 31.3 Å². The van der Waals surface area contributed by atoms with Crippen molar-refractivity contribution in [2.45, 2.75) is 24.8 Å². The second-order valence-electron chi connectivity index (χ2n) is 7.33. The van der Waals surface area contributed by atoms with E-state index in [1.165, 1.54) is 61.2 Å². The van der Waals surface area contributed by atoms with Crippen LogP contribution in [0, 0.1) is 12.7 Å². The highest BCUT2D eigenvalue weighted by Crippen LogP contribution is 2.22. The fraction of sp³-hybridized carbons (Fsp3) is 0.167. The van der Waals surface area contributed by atoms with Crippen molar-refractivity contribution in [2.24, 2.45) is 0 Å². The number of nitrogens with zero attached hydrogens (tertiary/aromatic N) is 1. The van der Waals surface area contributed by atoms with E-state index in [2.05, 4.69) is 4.72 Å². The Hall–Kier alpha value is -3.72. The molecule has 33 heavy (non-hydrogen) atoms. The fourth-order valence-electron chi connectivity index (χ4n) is 3.09. The lowest BCUT2D eigenvalue weighted by Gasteiger charge is -2.21. The van der Waals surface area contributed by atoms with Crippen molar-refractivity contribution in [3.63, 3.8) is 0 Å². The number of amides is 1. The van der Waals surface area contributed by atoms with Crippen LogP contribution in [0.1, 0.15) is 22.8 Å². The molecular formula is C24H23FN2O5S. The summed E-state index contributed by atoms with van der Waals surface area (Å²) >= 11 is 0. The van der Waals surface area contributed by atoms with E-state index < -0.39 is 33.8 Å². The maximum atomic E-state index is 13.7. The summed E-state index contributed by atoms with van der Waals surface area (Å²) in [7, 11) is -2.44. The van der Waals surface area contributed by atoms with Gasteiger partial charge in [-0.3, -0.25) is 9.52 Å².